The van der Waals surface area contributed by atoms with Crippen LogP contribution in [0.5, 0.6) is 0 Å². The Morgan fingerprint density at radius 3 is 2.58 bits per heavy atom. The van der Waals surface area contributed by atoms with Crippen molar-refractivity contribution in [3.8, 4) is 0 Å². The zero-order valence-electron chi connectivity index (χ0n) is 12.0. The average molecular weight is 281 g/mol. The van der Waals surface area contributed by atoms with Crippen LogP contribution in [0, 0.1) is 5.92 Å². The number of hydrogen-bond donors (Lipinski definition) is 1. The highest BCUT2D eigenvalue weighted by molar-refractivity contribution is 6.31. The minimum atomic E-state index is 0.645. The molecule has 0 aliphatic heterocycles. The van der Waals surface area contributed by atoms with Crippen molar-refractivity contribution in [2.75, 3.05) is 18.5 Å². The highest BCUT2D eigenvalue weighted by Gasteiger charge is 2.23. The van der Waals surface area contributed by atoms with Crippen molar-refractivity contribution >= 4 is 17.3 Å². The Labute approximate surface area is 121 Å². The molecule has 1 aromatic rings. The number of halogens is 1. The van der Waals surface area contributed by atoms with Crippen LogP contribution in [0.3, 0.4) is 0 Å². The number of anilines is 1. The molecule has 0 unspecified atom stereocenters. The molecule has 0 heterocycles. The maximum Gasteiger partial charge on any atom is 0.0459 e. The largest absolute Gasteiger partial charge is 0.371 e. The van der Waals surface area contributed by atoms with E-state index in [0.29, 0.717) is 12.6 Å². The molecule has 1 fully saturated rings. The molecule has 0 saturated heterocycles. The summed E-state index contributed by atoms with van der Waals surface area (Å²) in [7, 11) is 2.20. The summed E-state index contributed by atoms with van der Waals surface area (Å²) >= 11 is 6.33. The molecular weight excluding hydrogens is 256 g/mol. The molecule has 0 spiro atoms. The van der Waals surface area contributed by atoms with Gasteiger partial charge in [-0.05, 0) is 62.3 Å². The maximum absolute atomic E-state index is 6.33. The molecule has 1 saturated carbocycles. The summed E-state index contributed by atoms with van der Waals surface area (Å²) in [6.07, 6.45) is 6.09. The van der Waals surface area contributed by atoms with E-state index in [1.54, 1.807) is 0 Å². The van der Waals surface area contributed by atoms with E-state index in [-0.39, 0.29) is 0 Å². The van der Waals surface area contributed by atoms with Gasteiger partial charge in [0.1, 0.15) is 0 Å². The van der Waals surface area contributed by atoms with Crippen LogP contribution in [0.25, 0.3) is 0 Å². The SMILES string of the molecule is CC1CCC(N(C)c2cccc(Cl)c2CCN)CC1. The molecule has 2 N–H and O–H groups in total. The van der Waals surface area contributed by atoms with E-state index in [1.807, 2.05) is 12.1 Å². The lowest BCUT2D eigenvalue weighted by molar-refractivity contribution is 0.340. The third-order valence-corrected chi connectivity index (χ3v) is 4.76. The van der Waals surface area contributed by atoms with Crippen molar-refractivity contribution < 1.29 is 0 Å². The summed E-state index contributed by atoms with van der Waals surface area (Å²) in [6, 6.07) is 6.83. The molecule has 1 aliphatic carbocycles. The summed E-state index contributed by atoms with van der Waals surface area (Å²) in [5.41, 5.74) is 8.18. The number of nitrogens with two attached hydrogens (primary N) is 1. The molecule has 0 atom stereocenters. The predicted octanol–water partition coefficient (Wildman–Crippen LogP) is 3.86. The van der Waals surface area contributed by atoms with Crippen molar-refractivity contribution in [2.45, 2.75) is 45.1 Å². The van der Waals surface area contributed by atoms with Gasteiger partial charge in [0.15, 0.2) is 0 Å². The van der Waals surface area contributed by atoms with Crippen LogP contribution in [-0.2, 0) is 6.42 Å². The second-order valence-electron chi connectivity index (χ2n) is 5.80. The van der Waals surface area contributed by atoms with E-state index >= 15 is 0 Å². The highest BCUT2D eigenvalue weighted by atomic mass is 35.5. The first-order valence-corrected chi connectivity index (χ1v) is 7.71. The topological polar surface area (TPSA) is 29.3 Å². The maximum atomic E-state index is 6.33. The Morgan fingerprint density at radius 1 is 1.26 bits per heavy atom. The molecule has 1 aromatic carbocycles. The van der Waals surface area contributed by atoms with Gasteiger partial charge in [0.05, 0.1) is 0 Å². The fourth-order valence-electron chi connectivity index (χ4n) is 3.10. The number of benzene rings is 1. The second-order valence-corrected chi connectivity index (χ2v) is 6.21. The summed E-state index contributed by atoms with van der Waals surface area (Å²) in [5.74, 6) is 0.882. The lowest BCUT2D eigenvalue weighted by Crippen LogP contribution is -2.35. The van der Waals surface area contributed by atoms with Crippen LogP contribution < -0.4 is 10.6 Å². The van der Waals surface area contributed by atoms with Gasteiger partial charge in [0.2, 0.25) is 0 Å². The Bertz CT molecular complexity index is 411. The zero-order chi connectivity index (χ0) is 13.8. The van der Waals surface area contributed by atoms with E-state index < -0.39 is 0 Å². The smallest absolute Gasteiger partial charge is 0.0459 e. The molecule has 0 aromatic heterocycles. The van der Waals surface area contributed by atoms with E-state index in [0.717, 1.165) is 17.4 Å². The van der Waals surface area contributed by atoms with E-state index in [1.165, 1.54) is 36.9 Å². The van der Waals surface area contributed by atoms with Crippen molar-refractivity contribution in [3.05, 3.63) is 28.8 Å². The molecule has 3 heteroatoms. The Kier molecular flexibility index (Phi) is 5.12. The third kappa shape index (κ3) is 3.43. The van der Waals surface area contributed by atoms with Gasteiger partial charge in [-0.25, -0.2) is 0 Å². The first-order valence-electron chi connectivity index (χ1n) is 7.33. The summed E-state index contributed by atoms with van der Waals surface area (Å²) < 4.78 is 0. The fourth-order valence-corrected chi connectivity index (χ4v) is 3.36. The van der Waals surface area contributed by atoms with E-state index in [9.17, 15) is 0 Å². The minimum absolute atomic E-state index is 0.645. The summed E-state index contributed by atoms with van der Waals surface area (Å²) in [6.45, 7) is 3.00. The van der Waals surface area contributed by atoms with Crippen LogP contribution in [0.4, 0.5) is 5.69 Å². The van der Waals surface area contributed by atoms with Gasteiger partial charge in [-0.3, -0.25) is 0 Å². The highest BCUT2D eigenvalue weighted by Crippen LogP contribution is 2.33. The van der Waals surface area contributed by atoms with Crippen LogP contribution >= 0.6 is 11.6 Å². The minimum Gasteiger partial charge on any atom is -0.371 e. The molecular formula is C16H25ClN2. The number of hydrogen-bond acceptors (Lipinski definition) is 2. The molecule has 0 amide bonds. The normalized spacial score (nSPS) is 23.4. The van der Waals surface area contributed by atoms with Crippen LogP contribution in [0.1, 0.15) is 38.2 Å². The van der Waals surface area contributed by atoms with Crippen LogP contribution in [-0.4, -0.2) is 19.6 Å². The summed E-state index contributed by atoms with van der Waals surface area (Å²) in [4.78, 5) is 2.42. The van der Waals surface area contributed by atoms with Crippen molar-refractivity contribution in [3.63, 3.8) is 0 Å². The average Bonchev–Trinajstić information content (AvgIpc) is 2.41. The zero-order valence-corrected chi connectivity index (χ0v) is 12.8. The first-order chi connectivity index (χ1) is 9.13. The molecule has 0 bridgehead atoms. The van der Waals surface area contributed by atoms with Gasteiger partial charge >= 0.3 is 0 Å². The number of nitrogens with zero attached hydrogens (tertiary/aromatic N) is 1. The van der Waals surface area contributed by atoms with E-state index in [4.69, 9.17) is 17.3 Å². The Morgan fingerprint density at radius 2 is 1.95 bits per heavy atom. The molecule has 1 aliphatic rings. The van der Waals surface area contributed by atoms with Gasteiger partial charge in [-0.1, -0.05) is 24.6 Å². The lowest BCUT2D eigenvalue weighted by Gasteiger charge is -2.36. The first kappa shape index (κ1) is 14.7. The van der Waals surface area contributed by atoms with Gasteiger partial charge in [0.25, 0.3) is 0 Å². The van der Waals surface area contributed by atoms with Crippen molar-refractivity contribution in [1.29, 1.82) is 0 Å². The third-order valence-electron chi connectivity index (χ3n) is 4.40. The quantitative estimate of drug-likeness (QED) is 0.907. The van der Waals surface area contributed by atoms with Crippen LogP contribution in [0.2, 0.25) is 5.02 Å². The second kappa shape index (κ2) is 6.62. The van der Waals surface area contributed by atoms with Gasteiger partial charge < -0.3 is 10.6 Å². The van der Waals surface area contributed by atoms with Gasteiger partial charge in [0, 0.05) is 23.8 Å². The van der Waals surface area contributed by atoms with E-state index in [2.05, 4.69) is 24.9 Å². The van der Waals surface area contributed by atoms with Crippen LogP contribution in [0.15, 0.2) is 18.2 Å². The molecule has 106 valence electrons. The Hall–Kier alpha value is -0.730. The molecule has 2 rings (SSSR count). The monoisotopic (exact) mass is 280 g/mol. The fraction of sp³-hybridized carbons (Fsp3) is 0.625. The van der Waals surface area contributed by atoms with Crippen molar-refractivity contribution in [1.82, 2.24) is 0 Å². The predicted molar refractivity (Wildman–Crippen MR) is 84.0 cm³/mol. The number of rotatable bonds is 4. The molecule has 2 nitrogen and oxygen atoms in total. The lowest BCUT2D eigenvalue weighted by atomic mass is 9.86. The van der Waals surface area contributed by atoms with Gasteiger partial charge in [-0.2, -0.15) is 0 Å². The Balaban J connectivity index is 2.18. The summed E-state index contributed by atoms with van der Waals surface area (Å²) in [5, 5.41) is 0.846. The molecule has 0 radical (unpaired) electrons. The van der Waals surface area contributed by atoms with Crippen molar-refractivity contribution in [2.24, 2.45) is 11.7 Å². The molecule has 19 heavy (non-hydrogen) atoms. The standard InChI is InChI=1S/C16H25ClN2/c1-12-6-8-13(9-7-12)19(2)16-5-3-4-15(17)14(16)10-11-18/h3-5,12-13H,6-11,18H2,1-2H3. The van der Waals surface area contributed by atoms with Gasteiger partial charge in [-0.15, -0.1) is 0 Å².